The summed E-state index contributed by atoms with van der Waals surface area (Å²) in [5.74, 6) is 0.0321. The normalized spacial score (nSPS) is 19.2. The molecule has 1 N–H and O–H groups in total. The molecular formula is C24H23N3O2S. The fraction of sp³-hybridized carbons (Fsp3) is 0.250. The molecule has 30 heavy (non-hydrogen) atoms. The van der Waals surface area contributed by atoms with Crippen LogP contribution in [-0.2, 0) is 33.8 Å². The Bertz CT molecular complexity index is 1250. The molecule has 0 saturated carbocycles. The second-order valence-corrected chi connectivity index (χ2v) is 10.3. The van der Waals surface area contributed by atoms with E-state index in [2.05, 4.69) is 23.2 Å². The Morgan fingerprint density at radius 2 is 1.87 bits per heavy atom. The highest BCUT2D eigenvalue weighted by Crippen LogP contribution is 2.36. The van der Waals surface area contributed by atoms with E-state index in [4.69, 9.17) is 4.78 Å². The lowest BCUT2D eigenvalue weighted by atomic mass is 10.0. The van der Waals surface area contributed by atoms with Gasteiger partial charge in [0.25, 0.3) is 0 Å². The van der Waals surface area contributed by atoms with Crippen molar-refractivity contribution < 1.29 is 9.00 Å². The Morgan fingerprint density at radius 3 is 2.63 bits per heavy atom. The summed E-state index contributed by atoms with van der Waals surface area (Å²) >= 11 is 0. The van der Waals surface area contributed by atoms with Crippen molar-refractivity contribution in [3.8, 4) is 11.3 Å². The molecular weight excluding hydrogens is 394 g/mol. The predicted molar refractivity (Wildman–Crippen MR) is 118 cm³/mol. The average molecular weight is 418 g/mol. The van der Waals surface area contributed by atoms with Crippen molar-refractivity contribution in [3.05, 3.63) is 77.5 Å². The van der Waals surface area contributed by atoms with Crippen LogP contribution in [-0.4, -0.2) is 27.9 Å². The van der Waals surface area contributed by atoms with Gasteiger partial charge >= 0.3 is 0 Å². The number of carbonyl (C=O) groups excluding carboxylic acids is 1. The third-order valence-electron chi connectivity index (χ3n) is 6.12. The zero-order valence-corrected chi connectivity index (χ0v) is 17.6. The summed E-state index contributed by atoms with van der Waals surface area (Å²) in [6.07, 6.45) is 5.48. The standard InChI is InChI=1S/C24H23N3O2S/c1-30(25,29)21-8-7-16-9-11-27(23(16)15-21)24(28)20-12-17-5-6-18(13-19(17)14-20)22-4-2-3-10-26-22/h2-8,10,13,15,20,25H,9,11-12,14H2,1H3. The topological polar surface area (TPSA) is 74.1 Å². The molecule has 2 atom stereocenters. The lowest BCUT2D eigenvalue weighted by molar-refractivity contribution is -0.122. The number of rotatable bonds is 3. The lowest BCUT2D eigenvalue weighted by Gasteiger charge is -2.21. The Balaban J connectivity index is 1.40. The predicted octanol–water partition coefficient (Wildman–Crippen LogP) is 4.09. The molecule has 1 amide bonds. The quantitative estimate of drug-likeness (QED) is 0.698. The molecule has 2 unspecified atom stereocenters. The minimum absolute atomic E-state index is 0.0874. The number of benzene rings is 2. The summed E-state index contributed by atoms with van der Waals surface area (Å²) in [5.41, 5.74) is 6.37. The van der Waals surface area contributed by atoms with Crippen molar-refractivity contribution in [2.45, 2.75) is 24.2 Å². The number of amides is 1. The van der Waals surface area contributed by atoms with Crippen LogP contribution in [0.1, 0.15) is 16.7 Å². The van der Waals surface area contributed by atoms with Gasteiger partial charge in [0, 0.05) is 41.1 Å². The Hall–Kier alpha value is -2.99. The van der Waals surface area contributed by atoms with E-state index < -0.39 is 9.73 Å². The smallest absolute Gasteiger partial charge is 0.230 e. The van der Waals surface area contributed by atoms with E-state index in [1.165, 1.54) is 17.4 Å². The third kappa shape index (κ3) is 3.31. The number of hydrogen-bond donors (Lipinski definition) is 1. The highest BCUT2D eigenvalue weighted by Gasteiger charge is 2.34. The average Bonchev–Trinajstić information content (AvgIpc) is 3.36. The molecule has 2 aromatic carbocycles. The monoisotopic (exact) mass is 417 g/mol. The molecule has 0 saturated heterocycles. The highest BCUT2D eigenvalue weighted by molar-refractivity contribution is 7.91. The zero-order chi connectivity index (χ0) is 20.9. The van der Waals surface area contributed by atoms with Crippen LogP contribution in [0.25, 0.3) is 11.3 Å². The first-order chi connectivity index (χ1) is 14.4. The van der Waals surface area contributed by atoms with Crippen LogP contribution >= 0.6 is 0 Å². The van der Waals surface area contributed by atoms with Crippen molar-refractivity contribution in [2.75, 3.05) is 17.7 Å². The second-order valence-electron chi connectivity index (χ2n) is 8.18. The van der Waals surface area contributed by atoms with Gasteiger partial charge in [-0.2, -0.15) is 0 Å². The molecule has 2 aliphatic rings. The van der Waals surface area contributed by atoms with Gasteiger partial charge in [0.15, 0.2) is 0 Å². The van der Waals surface area contributed by atoms with Gasteiger partial charge in [-0.05, 0) is 66.3 Å². The maximum Gasteiger partial charge on any atom is 0.230 e. The van der Waals surface area contributed by atoms with E-state index in [0.717, 1.165) is 41.8 Å². The van der Waals surface area contributed by atoms with E-state index in [9.17, 15) is 9.00 Å². The van der Waals surface area contributed by atoms with Gasteiger partial charge in [0.1, 0.15) is 0 Å². The van der Waals surface area contributed by atoms with Gasteiger partial charge in [-0.3, -0.25) is 9.78 Å². The first-order valence-electron chi connectivity index (χ1n) is 10.1. The number of anilines is 1. The summed E-state index contributed by atoms with van der Waals surface area (Å²) in [6, 6.07) is 17.7. The van der Waals surface area contributed by atoms with Gasteiger partial charge in [-0.15, -0.1) is 0 Å². The summed E-state index contributed by atoms with van der Waals surface area (Å²) in [4.78, 5) is 20.1. The van der Waals surface area contributed by atoms with E-state index in [1.807, 2.05) is 29.2 Å². The van der Waals surface area contributed by atoms with E-state index in [-0.39, 0.29) is 11.8 Å². The highest BCUT2D eigenvalue weighted by atomic mass is 32.2. The minimum atomic E-state index is -2.81. The molecule has 1 aromatic heterocycles. The number of nitrogens with zero attached hydrogens (tertiary/aromatic N) is 2. The van der Waals surface area contributed by atoms with Gasteiger partial charge < -0.3 is 4.90 Å². The number of carbonyl (C=O) groups is 1. The molecule has 0 spiro atoms. The van der Waals surface area contributed by atoms with Gasteiger partial charge in [0.05, 0.1) is 15.4 Å². The molecule has 0 radical (unpaired) electrons. The maximum absolute atomic E-state index is 13.4. The molecule has 6 heteroatoms. The minimum Gasteiger partial charge on any atom is -0.312 e. The number of nitrogens with one attached hydrogen (secondary N) is 1. The van der Waals surface area contributed by atoms with Gasteiger partial charge in [-0.25, -0.2) is 8.99 Å². The number of pyridine rings is 1. The van der Waals surface area contributed by atoms with Crippen molar-refractivity contribution >= 4 is 21.3 Å². The van der Waals surface area contributed by atoms with Crippen LogP contribution in [0.2, 0.25) is 0 Å². The van der Waals surface area contributed by atoms with E-state index in [0.29, 0.717) is 11.4 Å². The van der Waals surface area contributed by atoms with Crippen LogP contribution in [0.4, 0.5) is 5.69 Å². The molecule has 0 fully saturated rings. The number of fused-ring (bicyclic) bond motifs is 2. The Morgan fingerprint density at radius 1 is 1.07 bits per heavy atom. The van der Waals surface area contributed by atoms with Gasteiger partial charge in [-0.1, -0.05) is 24.3 Å². The van der Waals surface area contributed by atoms with E-state index >= 15 is 0 Å². The fourth-order valence-corrected chi connectivity index (χ4v) is 5.20. The second kappa shape index (κ2) is 7.06. The molecule has 2 heterocycles. The molecule has 1 aliphatic carbocycles. The van der Waals surface area contributed by atoms with Crippen molar-refractivity contribution in [1.29, 1.82) is 4.78 Å². The first kappa shape index (κ1) is 19.0. The van der Waals surface area contributed by atoms with Gasteiger partial charge in [0.2, 0.25) is 5.91 Å². The Labute approximate surface area is 176 Å². The molecule has 152 valence electrons. The Kier molecular flexibility index (Phi) is 4.47. The van der Waals surface area contributed by atoms with Crippen LogP contribution in [0.15, 0.2) is 65.7 Å². The van der Waals surface area contributed by atoms with E-state index in [1.54, 1.807) is 18.3 Å². The van der Waals surface area contributed by atoms with Crippen LogP contribution in [0.5, 0.6) is 0 Å². The molecule has 5 nitrogen and oxygen atoms in total. The molecule has 0 bridgehead atoms. The summed E-state index contributed by atoms with van der Waals surface area (Å²) < 4.78 is 20.1. The van der Waals surface area contributed by atoms with Crippen molar-refractivity contribution in [3.63, 3.8) is 0 Å². The molecule has 5 rings (SSSR count). The first-order valence-corrected chi connectivity index (χ1v) is 12.1. The molecule has 1 aliphatic heterocycles. The van der Waals surface area contributed by atoms with Crippen LogP contribution in [0, 0.1) is 10.7 Å². The number of aromatic nitrogens is 1. The van der Waals surface area contributed by atoms with Crippen molar-refractivity contribution in [1.82, 2.24) is 4.98 Å². The summed E-state index contributed by atoms with van der Waals surface area (Å²) in [5, 5.41) is 0. The summed E-state index contributed by atoms with van der Waals surface area (Å²) in [6.45, 7) is 0.645. The van der Waals surface area contributed by atoms with Crippen LogP contribution in [0.3, 0.4) is 0 Å². The number of hydrogen-bond acceptors (Lipinski definition) is 4. The van der Waals surface area contributed by atoms with Crippen molar-refractivity contribution in [2.24, 2.45) is 5.92 Å². The largest absolute Gasteiger partial charge is 0.312 e. The molecule has 3 aromatic rings. The fourth-order valence-electron chi connectivity index (χ4n) is 4.54. The summed E-state index contributed by atoms with van der Waals surface area (Å²) in [7, 11) is -2.81. The van der Waals surface area contributed by atoms with Crippen LogP contribution < -0.4 is 4.90 Å². The SMILES string of the molecule is CS(=N)(=O)c1ccc2c(c1)N(C(=O)C1Cc3ccc(-c4ccccn4)cc3C1)CC2. The maximum atomic E-state index is 13.4. The lowest BCUT2D eigenvalue weighted by Crippen LogP contribution is -2.35. The zero-order valence-electron chi connectivity index (χ0n) is 16.8. The third-order valence-corrected chi connectivity index (χ3v) is 7.27.